The summed E-state index contributed by atoms with van der Waals surface area (Å²) >= 11 is 0. The maximum Gasteiger partial charge on any atom is 0.303 e. The average Bonchev–Trinajstić information content (AvgIpc) is 2.42. The number of unbranched alkanes of at least 4 members (excludes halogenated alkanes) is 2. The number of piperidine rings is 1. The van der Waals surface area contributed by atoms with Gasteiger partial charge >= 0.3 is 5.97 Å². The fourth-order valence-electron chi connectivity index (χ4n) is 2.76. The van der Waals surface area contributed by atoms with Crippen molar-refractivity contribution in [2.45, 2.75) is 58.4 Å². The first-order chi connectivity index (χ1) is 9.54. The summed E-state index contributed by atoms with van der Waals surface area (Å²) in [6.07, 6.45) is 5.45. The third-order valence-electron chi connectivity index (χ3n) is 4.02. The van der Waals surface area contributed by atoms with Crippen molar-refractivity contribution in [3.8, 4) is 0 Å². The van der Waals surface area contributed by atoms with Crippen molar-refractivity contribution in [1.29, 1.82) is 0 Å². The van der Waals surface area contributed by atoms with Gasteiger partial charge in [-0.05, 0) is 38.6 Å². The van der Waals surface area contributed by atoms with Gasteiger partial charge in [-0.25, -0.2) is 0 Å². The van der Waals surface area contributed by atoms with Crippen molar-refractivity contribution in [3.63, 3.8) is 0 Å². The number of carboxylic acid groups (broad SMARTS) is 1. The van der Waals surface area contributed by atoms with Gasteiger partial charge in [-0.2, -0.15) is 0 Å². The van der Waals surface area contributed by atoms with E-state index in [0.29, 0.717) is 0 Å². The van der Waals surface area contributed by atoms with Gasteiger partial charge in [-0.3, -0.25) is 14.5 Å². The van der Waals surface area contributed by atoms with Crippen LogP contribution in [-0.4, -0.2) is 47.6 Å². The third-order valence-corrected chi connectivity index (χ3v) is 4.02. The molecular formula is C15H28N2O3. The lowest BCUT2D eigenvalue weighted by atomic mass is 9.94. The second-order valence-electron chi connectivity index (χ2n) is 5.78. The zero-order valence-electron chi connectivity index (χ0n) is 12.7. The molecule has 0 aromatic rings. The molecular weight excluding hydrogens is 256 g/mol. The summed E-state index contributed by atoms with van der Waals surface area (Å²) in [7, 11) is 0. The summed E-state index contributed by atoms with van der Waals surface area (Å²) < 4.78 is 0. The van der Waals surface area contributed by atoms with Gasteiger partial charge in [0.15, 0.2) is 0 Å². The van der Waals surface area contributed by atoms with Crippen LogP contribution in [0.3, 0.4) is 0 Å². The van der Waals surface area contributed by atoms with Gasteiger partial charge in [-0.15, -0.1) is 0 Å². The highest BCUT2D eigenvalue weighted by atomic mass is 16.4. The molecule has 5 nitrogen and oxygen atoms in total. The van der Waals surface area contributed by atoms with Gasteiger partial charge in [0.05, 0.1) is 6.04 Å². The molecule has 2 atom stereocenters. The van der Waals surface area contributed by atoms with Crippen molar-refractivity contribution in [2.24, 2.45) is 5.92 Å². The van der Waals surface area contributed by atoms with Crippen LogP contribution in [0, 0.1) is 5.92 Å². The molecule has 2 N–H and O–H groups in total. The largest absolute Gasteiger partial charge is 0.481 e. The minimum Gasteiger partial charge on any atom is -0.481 e. The zero-order chi connectivity index (χ0) is 15.0. The van der Waals surface area contributed by atoms with E-state index < -0.39 is 5.97 Å². The molecule has 1 fully saturated rings. The lowest BCUT2D eigenvalue weighted by Gasteiger charge is -2.35. The molecule has 0 radical (unpaired) electrons. The van der Waals surface area contributed by atoms with Gasteiger partial charge < -0.3 is 10.4 Å². The SMILES string of the molecule is CCCCCNC(=O)C(C)N1CCCC(CC(=O)O)C1. The number of rotatable bonds is 8. The number of nitrogens with zero attached hydrogens (tertiary/aromatic N) is 1. The van der Waals surface area contributed by atoms with Crippen LogP contribution in [0.15, 0.2) is 0 Å². The minimum absolute atomic E-state index is 0.0667. The highest BCUT2D eigenvalue weighted by molar-refractivity contribution is 5.81. The fourth-order valence-corrected chi connectivity index (χ4v) is 2.76. The first-order valence-corrected chi connectivity index (χ1v) is 7.78. The van der Waals surface area contributed by atoms with E-state index in [0.717, 1.165) is 51.7 Å². The van der Waals surface area contributed by atoms with Crippen molar-refractivity contribution in [1.82, 2.24) is 10.2 Å². The Morgan fingerprint density at radius 2 is 2.15 bits per heavy atom. The zero-order valence-corrected chi connectivity index (χ0v) is 12.7. The quantitative estimate of drug-likeness (QED) is 0.668. The van der Waals surface area contributed by atoms with Gasteiger partial charge in [0.1, 0.15) is 0 Å². The normalized spacial score (nSPS) is 21.4. The molecule has 0 bridgehead atoms. The monoisotopic (exact) mass is 284 g/mol. The standard InChI is InChI=1S/C15H28N2O3/c1-3-4-5-8-16-15(20)12(2)17-9-6-7-13(11-17)10-14(18)19/h12-13H,3-11H2,1-2H3,(H,16,20)(H,18,19). The van der Waals surface area contributed by atoms with E-state index in [9.17, 15) is 9.59 Å². The number of hydrogen-bond donors (Lipinski definition) is 2. The Labute approximate surface area is 121 Å². The molecule has 0 saturated carbocycles. The molecule has 0 aromatic carbocycles. The van der Waals surface area contributed by atoms with Crippen LogP contribution in [-0.2, 0) is 9.59 Å². The van der Waals surface area contributed by atoms with E-state index in [4.69, 9.17) is 5.11 Å². The van der Waals surface area contributed by atoms with Gasteiger partial charge in [0, 0.05) is 19.5 Å². The van der Waals surface area contributed by atoms with Crippen LogP contribution < -0.4 is 5.32 Å². The Bertz CT molecular complexity index is 320. The predicted octanol–water partition coefficient (Wildman–Crippen LogP) is 1.87. The van der Waals surface area contributed by atoms with Gasteiger partial charge in [-0.1, -0.05) is 19.8 Å². The van der Waals surface area contributed by atoms with E-state index in [1.807, 2.05) is 6.92 Å². The molecule has 116 valence electrons. The minimum atomic E-state index is -0.742. The van der Waals surface area contributed by atoms with Gasteiger partial charge in [0.25, 0.3) is 0 Å². The molecule has 1 amide bonds. The molecule has 1 heterocycles. The highest BCUT2D eigenvalue weighted by Crippen LogP contribution is 2.21. The summed E-state index contributed by atoms with van der Waals surface area (Å²) in [6.45, 7) is 6.40. The van der Waals surface area contributed by atoms with Crippen LogP contribution in [0.5, 0.6) is 0 Å². The van der Waals surface area contributed by atoms with Crippen molar-refractivity contribution in [2.75, 3.05) is 19.6 Å². The van der Waals surface area contributed by atoms with Crippen LogP contribution in [0.2, 0.25) is 0 Å². The second-order valence-corrected chi connectivity index (χ2v) is 5.78. The molecule has 1 saturated heterocycles. The maximum atomic E-state index is 12.1. The molecule has 0 spiro atoms. The molecule has 2 unspecified atom stereocenters. The predicted molar refractivity (Wildman–Crippen MR) is 78.5 cm³/mol. The number of carbonyl (C=O) groups is 2. The number of hydrogen-bond acceptors (Lipinski definition) is 3. The summed E-state index contributed by atoms with van der Waals surface area (Å²) in [5, 5.41) is 11.8. The topological polar surface area (TPSA) is 69.6 Å². The van der Waals surface area contributed by atoms with E-state index in [-0.39, 0.29) is 24.3 Å². The molecule has 5 heteroatoms. The molecule has 1 rings (SSSR count). The Morgan fingerprint density at radius 3 is 2.80 bits per heavy atom. The van der Waals surface area contributed by atoms with E-state index in [2.05, 4.69) is 17.1 Å². The fraction of sp³-hybridized carbons (Fsp3) is 0.867. The summed E-state index contributed by atoms with van der Waals surface area (Å²) in [6, 6.07) is -0.159. The van der Waals surface area contributed by atoms with Crippen LogP contribution in [0.4, 0.5) is 0 Å². The molecule has 0 aromatic heterocycles. The first-order valence-electron chi connectivity index (χ1n) is 7.78. The lowest BCUT2D eigenvalue weighted by molar-refractivity contribution is -0.138. The molecule has 1 aliphatic rings. The van der Waals surface area contributed by atoms with E-state index in [1.54, 1.807) is 0 Å². The molecule has 20 heavy (non-hydrogen) atoms. The number of carbonyl (C=O) groups excluding carboxylic acids is 1. The van der Waals surface area contributed by atoms with Crippen molar-refractivity contribution < 1.29 is 14.7 Å². The Morgan fingerprint density at radius 1 is 1.40 bits per heavy atom. The number of amides is 1. The van der Waals surface area contributed by atoms with Crippen LogP contribution in [0.1, 0.15) is 52.4 Å². The summed E-state index contributed by atoms with van der Waals surface area (Å²) in [4.78, 5) is 25.0. The molecule has 1 aliphatic heterocycles. The Hall–Kier alpha value is -1.10. The summed E-state index contributed by atoms with van der Waals surface area (Å²) in [5.74, 6) is -0.498. The summed E-state index contributed by atoms with van der Waals surface area (Å²) in [5.41, 5.74) is 0. The number of aliphatic carboxylic acids is 1. The first kappa shape index (κ1) is 17.0. The van der Waals surface area contributed by atoms with Crippen LogP contribution in [0.25, 0.3) is 0 Å². The van der Waals surface area contributed by atoms with Crippen LogP contribution >= 0.6 is 0 Å². The number of carboxylic acids is 1. The Balaban J connectivity index is 2.35. The van der Waals surface area contributed by atoms with E-state index >= 15 is 0 Å². The molecule has 0 aliphatic carbocycles. The highest BCUT2D eigenvalue weighted by Gasteiger charge is 2.28. The van der Waals surface area contributed by atoms with Crippen molar-refractivity contribution >= 4 is 11.9 Å². The van der Waals surface area contributed by atoms with Gasteiger partial charge in [0.2, 0.25) is 5.91 Å². The smallest absolute Gasteiger partial charge is 0.303 e. The lowest BCUT2D eigenvalue weighted by Crippen LogP contribution is -2.49. The second kappa shape index (κ2) is 8.95. The Kier molecular flexibility index (Phi) is 7.59. The average molecular weight is 284 g/mol. The maximum absolute atomic E-state index is 12.1. The number of nitrogens with one attached hydrogen (secondary N) is 1. The number of likely N-dealkylation sites (tertiary alicyclic amines) is 1. The van der Waals surface area contributed by atoms with Crippen molar-refractivity contribution in [3.05, 3.63) is 0 Å². The van der Waals surface area contributed by atoms with E-state index in [1.165, 1.54) is 0 Å². The third kappa shape index (κ3) is 5.90.